The van der Waals surface area contributed by atoms with Gasteiger partial charge in [-0.05, 0) is 88.2 Å². The third-order valence-electron chi connectivity index (χ3n) is 5.05. The van der Waals surface area contributed by atoms with Crippen LogP contribution in [0.1, 0.15) is 18.1 Å². The predicted octanol–water partition coefficient (Wildman–Crippen LogP) is 7.16. The third kappa shape index (κ3) is 6.32. The maximum atomic E-state index is 13.0. The lowest BCUT2D eigenvalue weighted by molar-refractivity contribution is -0.123. The maximum Gasteiger partial charge on any atom is 0.339 e. The number of nitrogens with zero attached hydrogens (tertiary/aromatic N) is 1. The monoisotopic (exact) mass is 641 g/mol. The lowest BCUT2D eigenvalue weighted by Gasteiger charge is -2.15. The van der Waals surface area contributed by atoms with E-state index >= 15 is 0 Å². The number of ether oxygens (including phenoxy) is 1. The summed E-state index contributed by atoms with van der Waals surface area (Å²) in [4.78, 5) is 26.9. The summed E-state index contributed by atoms with van der Waals surface area (Å²) in [7, 11) is -4.12. The Morgan fingerprint density at radius 1 is 1.03 bits per heavy atom. The van der Waals surface area contributed by atoms with E-state index in [9.17, 15) is 18.0 Å². The number of halogens is 3. The molecule has 0 aliphatic carbocycles. The van der Waals surface area contributed by atoms with Gasteiger partial charge in [-0.1, -0.05) is 47.5 Å². The Hall–Kier alpha value is -2.50. The van der Waals surface area contributed by atoms with Gasteiger partial charge < -0.3 is 8.92 Å². The van der Waals surface area contributed by atoms with Crippen molar-refractivity contribution >= 4 is 78.2 Å². The van der Waals surface area contributed by atoms with E-state index in [1.165, 1.54) is 24.3 Å². The Kier molecular flexibility index (Phi) is 8.55. The van der Waals surface area contributed by atoms with Crippen molar-refractivity contribution in [3.8, 4) is 11.5 Å². The van der Waals surface area contributed by atoms with E-state index in [1.807, 2.05) is 0 Å². The van der Waals surface area contributed by atoms with E-state index in [2.05, 4.69) is 15.9 Å². The summed E-state index contributed by atoms with van der Waals surface area (Å²) in [6.45, 7) is 2.01. The van der Waals surface area contributed by atoms with E-state index in [4.69, 9.17) is 32.1 Å². The minimum atomic E-state index is -4.12. The Labute approximate surface area is 236 Å². The topological polar surface area (TPSA) is 90.0 Å². The second kappa shape index (κ2) is 11.5. The van der Waals surface area contributed by atoms with E-state index in [1.54, 1.807) is 49.4 Å². The van der Waals surface area contributed by atoms with Gasteiger partial charge in [0.25, 0.3) is 11.1 Å². The van der Waals surface area contributed by atoms with Gasteiger partial charge in [-0.3, -0.25) is 14.5 Å². The molecule has 2 amide bonds. The lowest BCUT2D eigenvalue weighted by atomic mass is 10.1. The number of carbonyl (C=O) groups is 2. The van der Waals surface area contributed by atoms with Gasteiger partial charge in [0.1, 0.15) is 4.90 Å². The van der Waals surface area contributed by atoms with Gasteiger partial charge in [-0.2, -0.15) is 8.42 Å². The van der Waals surface area contributed by atoms with Gasteiger partial charge in [0.2, 0.25) is 0 Å². The maximum absolute atomic E-state index is 13.0. The van der Waals surface area contributed by atoms with Gasteiger partial charge in [-0.15, -0.1) is 0 Å². The minimum absolute atomic E-state index is 0.0101. The van der Waals surface area contributed by atoms with E-state index in [-0.39, 0.29) is 34.5 Å². The fraction of sp³-hybridized carbons (Fsp3) is 0.120. The highest BCUT2D eigenvalue weighted by atomic mass is 79.9. The molecule has 1 aliphatic rings. The van der Waals surface area contributed by atoms with Crippen molar-refractivity contribution in [1.29, 1.82) is 0 Å². The number of hydrogen-bond donors (Lipinski definition) is 0. The van der Waals surface area contributed by atoms with Crippen LogP contribution in [0.3, 0.4) is 0 Å². The molecule has 0 N–H and O–H groups in total. The molecule has 0 saturated carbocycles. The molecule has 0 bridgehead atoms. The van der Waals surface area contributed by atoms with E-state index in [0.717, 1.165) is 16.7 Å². The molecule has 0 unspecified atom stereocenters. The standard InChI is InChI=1S/C25H18BrCl2NO6S2/c1-2-34-21-12-16(10-18(26)23(21)35-37(32,33)17-6-4-3-5-7-17)13-22-24(30)29(25(31)36-22)14-15-8-9-19(27)20(28)11-15/h3-13H,2,14H2,1H3/b22-13-. The molecule has 3 aromatic carbocycles. The smallest absolute Gasteiger partial charge is 0.339 e. The van der Waals surface area contributed by atoms with Gasteiger partial charge in [0, 0.05) is 0 Å². The first kappa shape index (κ1) is 27.5. The molecule has 1 heterocycles. The number of thioether (sulfide) groups is 1. The Morgan fingerprint density at radius 2 is 1.76 bits per heavy atom. The molecule has 0 radical (unpaired) electrons. The van der Waals surface area contributed by atoms with Gasteiger partial charge in [0.15, 0.2) is 11.5 Å². The molecule has 4 rings (SSSR count). The molecule has 0 aromatic heterocycles. The molecule has 0 spiro atoms. The van der Waals surface area contributed by atoms with Crippen molar-refractivity contribution in [3.05, 3.63) is 91.2 Å². The number of amides is 2. The van der Waals surface area contributed by atoms with Gasteiger partial charge in [0.05, 0.1) is 32.6 Å². The zero-order chi connectivity index (χ0) is 26.7. The van der Waals surface area contributed by atoms with Crippen LogP contribution in [-0.4, -0.2) is 31.1 Å². The number of hydrogen-bond acceptors (Lipinski definition) is 7. The number of imide groups is 1. The molecule has 1 saturated heterocycles. The SMILES string of the molecule is CCOc1cc(/C=C2\SC(=O)N(Cc3ccc(Cl)c(Cl)c3)C2=O)cc(Br)c1OS(=O)(=O)c1ccccc1. The van der Waals surface area contributed by atoms with Crippen molar-refractivity contribution in [2.24, 2.45) is 0 Å². The highest BCUT2D eigenvalue weighted by molar-refractivity contribution is 9.10. The van der Waals surface area contributed by atoms with Crippen LogP contribution in [0, 0.1) is 0 Å². The normalized spacial score (nSPS) is 14.9. The summed E-state index contributed by atoms with van der Waals surface area (Å²) in [5.74, 6) is -0.352. The highest BCUT2D eigenvalue weighted by Crippen LogP contribution is 2.41. The van der Waals surface area contributed by atoms with Crippen molar-refractivity contribution in [1.82, 2.24) is 4.90 Å². The zero-order valence-corrected chi connectivity index (χ0v) is 23.8. The average Bonchev–Trinajstić information content (AvgIpc) is 3.11. The van der Waals surface area contributed by atoms with Crippen LogP contribution in [0.4, 0.5) is 4.79 Å². The lowest BCUT2D eigenvalue weighted by Crippen LogP contribution is -2.27. The quantitative estimate of drug-likeness (QED) is 0.190. The largest absolute Gasteiger partial charge is 0.490 e. The van der Waals surface area contributed by atoms with Crippen molar-refractivity contribution in [2.45, 2.75) is 18.4 Å². The fourth-order valence-corrected chi connectivity index (χ4v) is 6.15. The van der Waals surface area contributed by atoms with Crippen LogP contribution < -0.4 is 8.92 Å². The Morgan fingerprint density at radius 3 is 2.43 bits per heavy atom. The number of carbonyl (C=O) groups excluding carboxylic acids is 2. The molecule has 3 aromatic rings. The predicted molar refractivity (Wildman–Crippen MR) is 148 cm³/mol. The number of rotatable bonds is 8. The third-order valence-corrected chi connectivity index (χ3v) is 8.52. The van der Waals surface area contributed by atoms with Gasteiger partial charge >= 0.3 is 10.1 Å². The van der Waals surface area contributed by atoms with Crippen LogP contribution in [0.5, 0.6) is 11.5 Å². The summed E-state index contributed by atoms with van der Waals surface area (Å²) in [6.07, 6.45) is 1.53. The van der Waals surface area contributed by atoms with Gasteiger partial charge in [-0.25, -0.2) is 0 Å². The molecular formula is C25H18BrCl2NO6S2. The summed E-state index contributed by atoms with van der Waals surface area (Å²) in [5, 5.41) is 0.269. The highest BCUT2D eigenvalue weighted by Gasteiger charge is 2.35. The first-order valence-corrected chi connectivity index (χ1v) is 14.5. The summed E-state index contributed by atoms with van der Waals surface area (Å²) in [5.41, 5.74) is 1.15. The van der Waals surface area contributed by atoms with Crippen LogP contribution in [0.25, 0.3) is 6.08 Å². The molecule has 192 valence electrons. The second-order valence-electron chi connectivity index (χ2n) is 7.63. The molecule has 1 fully saturated rings. The minimum Gasteiger partial charge on any atom is -0.490 e. The second-order valence-corrected chi connectivity index (χ2v) is 11.8. The van der Waals surface area contributed by atoms with Crippen molar-refractivity contribution in [3.63, 3.8) is 0 Å². The van der Waals surface area contributed by atoms with Crippen LogP contribution in [-0.2, 0) is 21.5 Å². The van der Waals surface area contributed by atoms with E-state index in [0.29, 0.717) is 25.6 Å². The number of benzene rings is 3. The first-order chi connectivity index (χ1) is 17.6. The fourth-order valence-electron chi connectivity index (χ4n) is 3.37. The van der Waals surface area contributed by atoms with E-state index < -0.39 is 21.3 Å². The van der Waals surface area contributed by atoms with Crippen LogP contribution in [0.2, 0.25) is 10.0 Å². The van der Waals surface area contributed by atoms with Crippen molar-refractivity contribution in [2.75, 3.05) is 6.61 Å². The molecule has 12 heteroatoms. The molecule has 7 nitrogen and oxygen atoms in total. The summed E-state index contributed by atoms with van der Waals surface area (Å²) < 4.78 is 36.8. The molecule has 0 atom stereocenters. The molecule has 1 aliphatic heterocycles. The Balaban J connectivity index is 1.61. The van der Waals surface area contributed by atoms with Crippen molar-refractivity contribution < 1.29 is 26.9 Å². The average molecular weight is 643 g/mol. The molecule has 37 heavy (non-hydrogen) atoms. The first-order valence-electron chi connectivity index (χ1n) is 10.7. The summed E-state index contributed by atoms with van der Waals surface area (Å²) in [6, 6.07) is 15.7. The summed E-state index contributed by atoms with van der Waals surface area (Å²) >= 11 is 16.1. The zero-order valence-electron chi connectivity index (χ0n) is 19.1. The molecular weight excluding hydrogens is 625 g/mol. The Bertz CT molecular complexity index is 1510. The van der Waals surface area contributed by atoms with Crippen LogP contribution in [0.15, 0.2) is 74.9 Å². The van der Waals surface area contributed by atoms with Crippen LogP contribution >= 0.6 is 50.9 Å².